The molecule has 3 nitrogen and oxygen atoms in total. The van der Waals surface area contributed by atoms with Crippen molar-refractivity contribution in [2.24, 2.45) is 16.3 Å². The van der Waals surface area contributed by atoms with Gasteiger partial charge in [-0.05, 0) is 63.6 Å². The van der Waals surface area contributed by atoms with Crippen molar-refractivity contribution in [2.75, 3.05) is 39.0 Å². The number of piperidine rings is 1. The molecule has 1 N–H and O–H groups in total. The van der Waals surface area contributed by atoms with E-state index >= 15 is 0 Å². The van der Waals surface area contributed by atoms with Gasteiger partial charge in [0.05, 0.1) is 0 Å². The molecule has 4 heteroatoms. The molecule has 2 aliphatic heterocycles. The normalized spacial score (nSPS) is 27.6. The lowest BCUT2D eigenvalue weighted by Gasteiger charge is -2.38. The highest BCUT2D eigenvalue weighted by molar-refractivity contribution is 8.13. The first-order chi connectivity index (χ1) is 10.3. The minimum absolute atomic E-state index is 0.558. The van der Waals surface area contributed by atoms with Gasteiger partial charge in [0, 0.05) is 18.8 Å². The Labute approximate surface area is 134 Å². The second kappa shape index (κ2) is 7.36. The second-order valence-electron chi connectivity index (χ2n) is 7.43. The van der Waals surface area contributed by atoms with Crippen molar-refractivity contribution in [3.63, 3.8) is 0 Å². The third-order valence-electron chi connectivity index (χ3n) is 5.65. The van der Waals surface area contributed by atoms with Crippen molar-refractivity contribution >= 4 is 16.9 Å². The molecule has 1 saturated carbocycles. The van der Waals surface area contributed by atoms with E-state index in [1.807, 2.05) is 11.8 Å². The summed E-state index contributed by atoms with van der Waals surface area (Å²) in [6.45, 7) is 4.76. The number of hydrogen-bond donors (Lipinski definition) is 1. The molecular weight excluding hydrogens is 278 g/mol. The minimum Gasteiger partial charge on any atom is -0.365 e. The molecule has 2 heterocycles. The lowest BCUT2D eigenvalue weighted by atomic mass is 9.75. The third kappa shape index (κ3) is 4.38. The molecule has 0 unspecified atom stereocenters. The number of aliphatic imine (C=N–C) groups is 1. The molecule has 21 heavy (non-hydrogen) atoms. The standard InChI is InChI=1S/C17H31N3S/c1-20-11-6-15(7-12-20)5-10-18-16-19-13-17(14-21-16)8-3-2-4-9-17/h15H,2-14H2,1H3,(H,18,19). The number of rotatable bonds is 3. The smallest absolute Gasteiger partial charge is 0.156 e. The van der Waals surface area contributed by atoms with Gasteiger partial charge in [-0.1, -0.05) is 31.0 Å². The van der Waals surface area contributed by atoms with Crippen LogP contribution < -0.4 is 5.32 Å². The lowest BCUT2D eigenvalue weighted by molar-refractivity contribution is 0.213. The van der Waals surface area contributed by atoms with Crippen LogP contribution in [0.2, 0.25) is 0 Å². The van der Waals surface area contributed by atoms with E-state index in [9.17, 15) is 0 Å². The number of nitrogens with one attached hydrogen (secondary N) is 1. The van der Waals surface area contributed by atoms with Gasteiger partial charge in [0.1, 0.15) is 0 Å². The summed E-state index contributed by atoms with van der Waals surface area (Å²) in [5, 5.41) is 4.82. The van der Waals surface area contributed by atoms with E-state index in [0.29, 0.717) is 5.41 Å². The molecular formula is C17H31N3S. The number of likely N-dealkylation sites (tertiary alicyclic amines) is 1. The molecule has 0 bridgehead atoms. The fourth-order valence-corrected chi connectivity index (χ4v) is 5.18. The molecule has 0 atom stereocenters. The van der Waals surface area contributed by atoms with E-state index in [1.54, 1.807) is 0 Å². The molecule has 3 rings (SSSR count). The van der Waals surface area contributed by atoms with Gasteiger partial charge in [0.15, 0.2) is 5.17 Å². The lowest BCUT2D eigenvalue weighted by Crippen LogP contribution is -2.37. The van der Waals surface area contributed by atoms with Gasteiger partial charge in [0.2, 0.25) is 0 Å². The van der Waals surface area contributed by atoms with Crippen molar-refractivity contribution in [3.05, 3.63) is 0 Å². The zero-order valence-corrected chi connectivity index (χ0v) is 14.4. The largest absolute Gasteiger partial charge is 0.365 e. The summed E-state index contributed by atoms with van der Waals surface area (Å²) in [5.74, 6) is 2.22. The first-order valence-electron chi connectivity index (χ1n) is 8.85. The highest BCUT2D eigenvalue weighted by Crippen LogP contribution is 2.41. The molecule has 0 aromatic carbocycles. The number of nitrogens with zero attached hydrogens (tertiary/aromatic N) is 2. The fourth-order valence-electron chi connectivity index (χ4n) is 4.00. The number of hydrogen-bond acceptors (Lipinski definition) is 4. The number of amidine groups is 1. The van der Waals surface area contributed by atoms with Crippen LogP contribution in [-0.2, 0) is 0 Å². The summed E-state index contributed by atoms with van der Waals surface area (Å²) < 4.78 is 0. The summed E-state index contributed by atoms with van der Waals surface area (Å²) in [6, 6.07) is 0. The van der Waals surface area contributed by atoms with E-state index in [0.717, 1.165) is 19.0 Å². The monoisotopic (exact) mass is 309 g/mol. The third-order valence-corrected chi connectivity index (χ3v) is 6.96. The van der Waals surface area contributed by atoms with Crippen LogP contribution in [0.4, 0.5) is 0 Å². The maximum absolute atomic E-state index is 4.86. The molecule has 1 spiro atoms. The van der Waals surface area contributed by atoms with Gasteiger partial charge in [-0.25, -0.2) is 0 Å². The van der Waals surface area contributed by atoms with E-state index in [-0.39, 0.29) is 0 Å². The quantitative estimate of drug-likeness (QED) is 0.866. The van der Waals surface area contributed by atoms with E-state index in [1.165, 1.54) is 75.4 Å². The molecule has 0 radical (unpaired) electrons. The van der Waals surface area contributed by atoms with Crippen LogP contribution >= 0.6 is 11.8 Å². The maximum Gasteiger partial charge on any atom is 0.156 e. The SMILES string of the molecule is CN1CCC(CCNC2=NCC3(CCCCC3)CS2)CC1. The van der Waals surface area contributed by atoms with Crippen LogP contribution in [0.25, 0.3) is 0 Å². The molecule has 0 amide bonds. The van der Waals surface area contributed by atoms with Gasteiger partial charge in [0.25, 0.3) is 0 Å². The first kappa shape index (κ1) is 15.7. The number of thioether (sulfide) groups is 1. The summed E-state index contributed by atoms with van der Waals surface area (Å²) in [4.78, 5) is 7.31. The van der Waals surface area contributed by atoms with Gasteiger partial charge in [-0.15, -0.1) is 0 Å². The Bertz CT molecular complexity index is 355. The van der Waals surface area contributed by atoms with Crippen LogP contribution in [0.3, 0.4) is 0 Å². The Morgan fingerprint density at radius 3 is 2.67 bits per heavy atom. The molecule has 1 aliphatic carbocycles. The molecule has 1 saturated heterocycles. The Morgan fingerprint density at radius 1 is 1.24 bits per heavy atom. The minimum atomic E-state index is 0.558. The van der Waals surface area contributed by atoms with Crippen LogP contribution in [0.1, 0.15) is 51.4 Å². The Hall–Kier alpha value is -0.220. The van der Waals surface area contributed by atoms with Crippen LogP contribution in [0.5, 0.6) is 0 Å². The van der Waals surface area contributed by atoms with E-state index in [4.69, 9.17) is 4.99 Å². The zero-order chi connectivity index (χ0) is 14.5. The highest BCUT2D eigenvalue weighted by Gasteiger charge is 2.34. The molecule has 0 aromatic heterocycles. The summed E-state index contributed by atoms with van der Waals surface area (Å²) in [6.07, 6.45) is 11.2. The van der Waals surface area contributed by atoms with Crippen LogP contribution in [0, 0.1) is 11.3 Å². The van der Waals surface area contributed by atoms with Crippen molar-refractivity contribution in [2.45, 2.75) is 51.4 Å². The van der Waals surface area contributed by atoms with Gasteiger partial charge >= 0.3 is 0 Å². The zero-order valence-electron chi connectivity index (χ0n) is 13.6. The van der Waals surface area contributed by atoms with Crippen LogP contribution in [-0.4, -0.2) is 49.0 Å². The van der Waals surface area contributed by atoms with Crippen molar-refractivity contribution < 1.29 is 0 Å². The molecule has 120 valence electrons. The van der Waals surface area contributed by atoms with E-state index in [2.05, 4.69) is 17.3 Å². The Morgan fingerprint density at radius 2 is 2.00 bits per heavy atom. The second-order valence-corrected chi connectivity index (χ2v) is 8.40. The predicted octanol–water partition coefficient (Wildman–Crippen LogP) is 3.36. The molecule has 2 fully saturated rings. The molecule has 0 aromatic rings. The van der Waals surface area contributed by atoms with Crippen LogP contribution in [0.15, 0.2) is 4.99 Å². The summed E-state index contributed by atoms with van der Waals surface area (Å²) in [7, 11) is 2.24. The average Bonchev–Trinajstić information content (AvgIpc) is 2.52. The predicted molar refractivity (Wildman–Crippen MR) is 93.1 cm³/mol. The fraction of sp³-hybridized carbons (Fsp3) is 0.941. The summed E-state index contributed by atoms with van der Waals surface area (Å²) >= 11 is 1.99. The van der Waals surface area contributed by atoms with Crippen molar-refractivity contribution in [3.8, 4) is 0 Å². The van der Waals surface area contributed by atoms with Gasteiger partial charge in [-0.2, -0.15) is 0 Å². The van der Waals surface area contributed by atoms with Gasteiger partial charge in [-0.3, -0.25) is 4.99 Å². The average molecular weight is 310 g/mol. The maximum atomic E-state index is 4.86. The highest BCUT2D eigenvalue weighted by atomic mass is 32.2. The topological polar surface area (TPSA) is 27.6 Å². The first-order valence-corrected chi connectivity index (χ1v) is 9.84. The molecule has 3 aliphatic rings. The van der Waals surface area contributed by atoms with Crippen molar-refractivity contribution in [1.29, 1.82) is 0 Å². The van der Waals surface area contributed by atoms with E-state index < -0.39 is 0 Å². The van der Waals surface area contributed by atoms with Gasteiger partial charge < -0.3 is 10.2 Å². The Kier molecular flexibility index (Phi) is 5.49. The van der Waals surface area contributed by atoms with Crippen molar-refractivity contribution in [1.82, 2.24) is 10.2 Å². The summed E-state index contributed by atoms with van der Waals surface area (Å²) in [5.41, 5.74) is 0.558. The Balaban J connectivity index is 1.36.